The molecule has 0 saturated heterocycles. The predicted octanol–water partition coefficient (Wildman–Crippen LogP) is 1.80. The zero-order valence-electron chi connectivity index (χ0n) is 14.4. The number of carbonyl (C=O) groups is 2. The number of hydrogen-bond donors (Lipinski definition) is 2. The molecule has 0 aliphatic carbocycles. The number of nitrogens with zero attached hydrogens (tertiary/aromatic N) is 2. The van der Waals surface area contributed by atoms with Crippen LogP contribution in [0.1, 0.15) is 24.2 Å². The molecule has 0 spiro atoms. The molecule has 25 heavy (non-hydrogen) atoms. The van der Waals surface area contributed by atoms with Gasteiger partial charge in [-0.25, -0.2) is 0 Å². The summed E-state index contributed by atoms with van der Waals surface area (Å²) in [6, 6.07) is 9.21. The van der Waals surface area contributed by atoms with Crippen LogP contribution < -0.4 is 15.4 Å². The lowest BCUT2D eigenvalue weighted by molar-refractivity contribution is -0.130. The maximum Gasteiger partial charge on any atom is 0.266 e. The van der Waals surface area contributed by atoms with Gasteiger partial charge in [0.25, 0.3) is 5.91 Å². The quantitative estimate of drug-likeness (QED) is 0.784. The summed E-state index contributed by atoms with van der Waals surface area (Å²) >= 11 is 0. The molecule has 0 radical (unpaired) electrons. The Kier molecular flexibility index (Phi) is 5.02. The molecule has 2 amide bonds. The first kappa shape index (κ1) is 17.0. The number of benzene rings is 1. The molecule has 7 heteroatoms. The summed E-state index contributed by atoms with van der Waals surface area (Å²) in [5.41, 5.74) is 2.73. The zero-order valence-corrected chi connectivity index (χ0v) is 14.4. The van der Waals surface area contributed by atoms with E-state index in [0.717, 1.165) is 24.4 Å². The molecule has 0 unspecified atom stereocenters. The highest BCUT2D eigenvalue weighted by Crippen LogP contribution is 2.29. The largest absolute Gasteiger partial charge is 0.478 e. The summed E-state index contributed by atoms with van der Waals surface area (Å²) in [6.07, 6.45) is -0.0279. The van der Waals surface area contributed by atoms with Crippen LogP contribution in [0.15, 0.2) is 30.3 Å². The van der Waals surface area contributed by atoms with Crippen LogP contribution in [-0.4, -0.2) is 34.2 Å². The van der Waals surface area contributed by atoms with Gasteiger partial charge in [0.2, 0.25) is 5.91 Å². The van der Waals surface area contributed by atoms with Crippen LogP contribution in [0.2, 0.25) is 0 Å². The van der Waals surface area contributed by atoms with Crippen molar-refractivity contribution in [3.05, 3.63) is 41.7 Å². The predicted molar refractivity (Wildman–Crippen MR) is 93.4 cm³/mol. The topological polar surface area (TPSA) is 85.3 Å². The highest BCUT2D eigenvalue weighted by molar-refractivity contribution is 5.99. The van der Waals surface area contributed by atoms with Crippen molar-refractivity contribution in [2.24, 2.45) is 0 Å². The highest BCUT2D eigenvalue weighted by Gasteiger charge is 2.29. The standard InChI is InChI=1S/C18H22N4O3/c1-12-10-13(2)22(21-12)9-5-8-19-17(23)11-16-18(24)20-14-6-3-4-7-15(14)25-16/h3-4,6-7,10,16H,5,8-9,11H2,1-2H3,(H,19,23)(H,20,24)/t16-/m1/s1. The van der Waals surface area contributed by atoms with Gasteiger partial charge in [-0.05, 0) is 38.5 Å². The molecule has 1 aliphatic heterocycles. The second kappa shape index (κ2) is 7.38. The average molecular weight is 342 g/mol. The van der Waals surface area contributed by atoms with E-state index in [1.165, 1.54) is 0 Å². The molecule has 0 saturated carbocycles. The summed E-state index contributed by atoms with van der Waals surface area (Å²) in [5, 5.41) is 9.97. The van der Waals surface area contributed by atoms with Crippen molar-refractivity contribution in [3.63, 3.8) is 0 Å². The van der Waals surface area contributed by atoms with E-state index in [1.54, 1.807) is 12.1 Å². The number of carbonyl (C=O) groups excluding carboxylic acids is 2. The van der Waals surface area contributed by atoms with Crippen LogP contribution >= 0.6 is 0 Å². The fourth-order valence-corrected chi connectivity index (χ4v) is 2.83. The number of aryl methyl sites for hydroxylation is 3. The molecule has 132 valence electrons. The van der Waals surface area contributed by atoms with E-state index in [9.17, 15) is 9.59 Å². The zero-order chi connectivity index (χ0) is 17.8. The fraction of sp³-hybridized carbons (Fsp3) is 0.389. The molecule has 1 aromatic carbocycles. The second-order valence-electron chi connectivity index (χ2n) is 6.15. The number of rotatable bonds is 6. The van der Waals surface area contributed by atoms with Crippen molar-refractivity contribution >= 4 is 17.5 Å². The lowest BCUT2D eigenvalue weighted by Gasteiger charge is -2.25. The van der Waals surface area contributed by atoms with Gasteiger partial charge in [-0.2, -0.15) is 5.10 Å². The van der Waals surface area contributed by atoms with Gasteiger partial charge in [-0.3, -0.25) is 14.3 Å². The minimum absolute atomic E-state index is 0.0000728. The Balaban J connectivity index is 1.43. The molecule has 1 atom stereocenters. The highest BCUT2D eigenvalue weighted by atomic mass is 16.5. The first-order valence-corrected chi connectivity index (χ1v) is 8.37. The Morgan fingerprint density at radius 1 is 1.36 bits per heavy atom. The van der Waals surface area contributed by atoms with Crippen molar-refractivity contribution in [3.8, 4) is 5.75 Å². The Bertz CT molecular complexity index is 784. The molecule has 2 heterocycles. The number of ether oxygens (including phenoxy) is 1. The minimum Gasteiger partial charge on any atom is -0.478 e. The first-order valence-electron chi connectivity index (χ1n) is 8.37. The molecule has 7 nitrogen and oxygen atoms in total. The van der Waals surface area contributed by atoms with E-state index in [1.807, 2.05) is 36.7 Å². The van der Waals surface area contributed by atoms with Crippen LogP contribution in [0.4, 0.5) is 5.69 Å². The maximum absolute atomic E-state index is 12.1. The van der Waals surface area contributed by atoms with Crippen molar-refractivity contribution in [1.82, 2.24) is 15.1 Å². The van der Waals surface area contributed by atoms with Gasteiger partial charge in [0, 0.05) is 18.8 Å². The van der Waals surface area contributed by atoms with E-state index >= 15 is 0 Å². The molecule has 0 bridgehead atoms. The maximum atomic E-state index is 12.1. The van der Waals surface area contributed by atoms with E-state index in [2.05, 4.69) is 15.7 Å². The summed E-state index contributed by atoms with van der Waals surface area (Å²) in [4.78, 5) is 24.1. The molecule has 1 aromatic heterocycles. The summed E-state index contributed by atoms with van der Waals surface area (Å²) in [5.74, 6) is 0.0915. The number of nitrogens with one attached hydrogen (secondary N) is 2. The molecule has 2 N–H and O–H groups in total. The van der Waals surface area contributed by atoms with E-state index in [-0.39, 0.29) is 18.2 Å². The summed E-state index contributed by atoms with van der Waals surface area (Å²) in [6.45, 7) is 5.24. The first-order chi connectivity index (χ1) is 12.0. The summed E-state index contributed by atoms with van der Waals surface area (Å²) < 4.78 is 7.55. The second-order valence-corrected chi connectivity index (χ2v) is 6.15. The molecular formula is C18H22N4O3. The van der Waals surface area contributed by atoms with Crippen molar-refractivity contribution < 1.29 is 14.3 Å². The minimum atomic E-state index is -0.800. The summed E-state index contributed by atoms with van der Waals surface area (Å²) in [7, 11) is 0. The average Bonchev–Trinajstić information content (AvgIpc) is 2.90. The Labute approximate surface area is 146 Å². The van der Waals surface area contributed by atoms with Crippen LogP contribution in [-0.2, 0) is 16.1 Å². The van der Waals surface area contributed by atoms with Crippen LogP contribution in [0.5, 0.6) is 5.75 Å². The SMILES string of the molecule is Cc1cc(C)n(CCCNC(=O)C[C@H]2Oc3ccccc3NC2=O)n1. The lowest BCUT2D eigenvalue weighted by Crippen LogP contribution is -2.41. The number of anilines is 1. The smallest absolute Gasteiger partial charge is 0.266 e. The Morgan fingerprint density at radius 3 is 2.92 bits per heavy atom. The normalized spacial score (nSPS) is 15.9. The molecule has 0 fully saturated rings. The van der Waals surface area contributed by atoms with Gasteiger partial charge < -0.3 is 15.4 Å². The Morgan fingerprint density at radius 2 is 2.16 bits per heavy atom. The van der Waals surface area contributed by atoms with E-state index in [4.69, 9.17) is 4.74 Å². The fourth-order valence-electron chi connectivity index (χ4n) is 2.83. The lowest BCUT2D eigenvalue weighted by atomic mass is 10.1. The number of fused-ring (bicyclic) bond motifs is 1. The third kappa shape index (κ3) is 4.17. The van der Waals surface area contributed by atoms with E-state index in [0.29, 0.717) is 18.0 Å². The third-order valence-corrected chi connectivity index (χ3v) is 4.05. The van der Waals surface area contributed by atoms with Gasteiger partial charge in [0.05, 0.1) is 17.8 Å². The van der Waals surface area contributed by atoms with Gasteiger partial charge >= 0.3 is 0 Å². The van der Waals surface area contributed by atoms with Gasteiger partial charge in [-0.15, -0.1) is 0 Å². The number of para-hydroxylation sites is 2. The van der Waals surface area contributed by atoms with Crippen molar-refractivity contribution in [1.29, 1.82) is 0 Å². The number of hydrogen-bond acceptors (Lipinski definition) is 4. The van der Waals surface area contributed by atoms with Crippen molar-refractivity contribution in [2.75, 3.05) is 11.9 Å². The van der Waals surface area contributed by atoms with Crippen LogP contribution in [0.3, 0.4) is 0 Å². The van der Waals surface area contributed by atoms with Gasteiger partial charge in [0.15, 0.2) is 6.10 Å². The van der Waals surface area contributed by atoms with E-state index < -0.39 is 6.10 Å². The molecule has 2 aromatic rings. The monoisotopic (exact) mass is 342 g/mol. The molecule has 1 aliphatic rings. The number of aromatic nitrogens is 2. The third-order valence-electron chi connectivity index (χ3n) is 4.05. The van der Waals surface area contributed by atoms with Crippen LogP contribution in [0.25, 0.3) is 0 Å². The van der Waals surface area contributed by atoms with Crippen molar-refractivity contribution in [2.45, 2.75) is 39.3 Å². The van der Waals surface area contributed by atoms with Gasteiger partial charge in [0.1, 0.15) is 5.75 Å². The van der Waals surface area contributed by atoms with Gasteiger partial charge in [-0.1, -0.05) is 12.1 Å². The molecule has 3 rings (SSSR count). The molecular weight excluding hydrogens is 320 g/mol. The number of amides is 2. The Hall–Kier alpha value is -2.83. The van der Waals surface area contributed by atoms with Crippen LogP contribution in [0, 0.1) is 13.8 Å².